The monoisotopic (exact) mass is 393 g/mol. The van der Waals surface area contributed by atoms with Gasteiger partial charge in [0.25, 0.3) is 0 Å². The SMILES string of the molecule is COc1ccc(-c2nc(C)cs2)cc1CNC1CCCNC1c1ccccc1. The van der Waals surface area contributed by atoms with E-state index in [2.05, 4.69) is 69.5 Å². The summed E-state index contributed by atoms with van der Waals surface area (Å²) < 4.78 is 5.62. The van der Waals surface area contributed by atoms with E-state index >= 15 is 0 Å². The molecule has 5 heteroatoms. The highest BCUT2D eigenvalue weighted by Crippen LogP contribution is 2.30. The Labute approximate surface area is 171 Å². The molecule has 1 aromatic heterocycles. The Morgan fingerprint density at radius 2 is 2.07 bits per heavy atom. The summed E-state index contributed by atoms with van der Waals surface area (Å²) in [5.41, 5.74) is 4.73. The van der Waals surface area contributed by atoms with Crippen molar-refractivity contribution in [1.82, 2.24) is 15.6 Å². The highest BCUT2D eigenvalue weighted by Gasteiger charge is 2.25. The lowest BCUT2D eigenvalue weighted by Gasteiger charge is -2.34. The first-order chi connectivity index (χ1) is 13.7. The van der Waals surface area contributed by atoms with Gasteiger partial charge in [0.2, 0.25) is 0 Å². The summed E-state index contributed by atoms with van der Waals surface area (Å²) in [4.78, 5) is 4.63. The zero-order valence-electron chi connectivity index (χ0n) is 16.4. The molecule has 2 atom stereocenters. The van der Waals surface area contributed by atoms with E-state index in [-0.39, 0.29) is 0 Å². The van der Waals surface area contributed by atoms with Crippen molar-refractivity contribution in [3.63, 3.8) is 0 Å². The molecule has 1 aliphatic rings. The number of aryl methyl sites for hydroxylation is 1. The Kier molecular flexibility index (Phi) is 6.05. The molecule has 1 aliphatic heterocycles. The molecule has 2 N–H and O–H groups in total. The Bertz CT molecular complexity index is 909. The average Bonchev–Trinajstić information content (AvgIpc) is 3.19. The van der Waals surface area contributed by atoms with Crippen molar-refractivity contribution >= 4 is 11.3 Å². The highest BCUT2D eigenvalue weighted by atomic mass is 32.1. The summed E-state index contributed by atoms with van der Waals surface area (Å²) in [6.45, 7) is 3.88. The predicted octanol–water partition coefficient (Wildman–Crippen LogP) is 4.71. The van der Waals surface area contributed by atoms with Crippen LogP contribution in [0.1, 0.15) is 35.7 Å². The standard InChI is InChI=1S/C23H27N3OS/c1-16-15-28-23(26-16)18-10-11-21(27-2)19(13-18)14-25-20-9-6-12-24-22(20)17-7-4-3-5-8-17/h3-5,7-8,10-11,13,15,20,22,24-25H,6,9,12,14H2,1-2H3. The first-order valence-corrected chi connectivity index (χ1v) is 10.7. The number of benzene rings is 2. The zero-order chi connectivity index (χ0) is 19.3. The first-order valence-electron chi connectivity index (χ1n) is 9.86. The highest BCUT2D eigenvalue weighted by molar-refractivity contribution is 7.13. The lowest BCUT2D eigenvalue weighted by atomic mass is 9.92. The summed E-state index contributed by atoms with van der Waals surface area (Å²) in [7, 11) is 1.74. The van der Waals surface area contributed by atoms with Gasteiger partial charge < -0.3 is 15.4 Å². The van der Waals surface area contributed by atoms with Gasteiger partial charge in [-0.1, -0.05) is 30.3 Å². The molecule has 0 bridgehead atoms. The minimum absolute atomic E-state index is 0.339. The fourth-order valence-electron chi connectivity index (χ4n) is 3.90. The summed E-state index contributed by atoms with van der Waals surface area (Å²) in [6, 6.07) is 17.8. The van der Waals surface area contributed by atoms with E-state index in [4.69, 9.17) is 4.74 Å². The quantitative estimate of drug-likeness (QED) is 0.637. The number of methoxy groups -OCH3 is 1. The second kappa shape index (κ2) is 8.86. The van der Waals surface area contributed by atoms with Gasteiger partial charge in [0.1, 0.15) is 10.8 Å². The summed E-state index contributed by atoms with van der Waals surface area (Å²) in [5.74, 6) is 0.921. The number of ether oxygens (including phenoxy) is 1. The van der Waals surface area contributed by atoms with Crippen LogP contribution >= 0.6 is 11.3 Å². The van der Waals surface area contributed by atoms with Gasteiger partial charge in [0.05, 0.1) is 7.11 Å². The van der Waals surface area contributed by atoms with Gasteiger partial charge in [-0.2, -0.15) is 0 Å². The van der Waals surface area contributed by atoms with E-state index in [0.29, 0.717) is 12.1 Å². The van der Waals surface area contributed by atoms with Gasteiger partial charge in [-0.3, -0.25) is 0 Å². The molecule has 2 aromatic carbocycles. The molecule has 1 saturated heterocycles. The van der Waals surface area contributed by atoms with Crippen molar-refractivity contribution in [2.24, 2.45) is 0 Å². The molecular weight excluding hydrogens is 366 g/mol. The number of hydrogen-bond donors (Lipinski definition) is 2. The third-order valence-corrected chi connectivity index (χ3v) is 6.33. The zero-order valence-corrected chi connectivity index (χ0v) is 17.3. The van der Waals surface area contributed by atoms with Crippen LogP contribution in [-0.2, 0) is 6.54 Å². The van der Waals surface area contributed by atoms with Crippen LogP contribution in [0.25, 0.3) is 10.6 Å². The lowest BCUT2D eigenvalue weighted by molar-refractivity contribution is 0.303. The van der Waals surface area contributed by atoms with Crippen LogP contribution in [0, 0.1) is 6.92 Å². The predicted molar refractivity (Wildman–Crippen MR) is 116 cm³/mol. The number of piperidine rings is 1. The average molecular weight is 394 g/mol. The number of nitrogens with one attached hydrogen (secondary N) is 2. The van der Waals surface area contributed by atoms with Crippen LogP contribution in [0.5, 0.6) is 5.75 Å². The molecule has 0 saturated carbocycles. The second-order valence-electron chi connectivity index (χ2n) is 7.29. The van der Waals surface area contributed by atoms with Crippen molar-refractivity contribution in [3.8, 4) is 16.3 Å². The minimum Gasteiger partial charge on any atom is -0.496 e. The van der Waals surface area contributed by atoms with E-state index in [1.807, 2.05) is 6.92 Å². The maximum absolute atomic E-state index is 5.62. The van der Waals surface area contributed by atoms with Gasteiger partial charge in [-0.15, -0.1) is 11.3 Å². The van der Waals surface area contributed by atoms with Gasteiger partial charge in [-0.25, -0.2) is 4.98 Å². The van der Waals surface area contributed by atoms with Crippen LogP contribution in [0.4, 0.5) is 0 Å². The van der Waals surface area contributed by atoms with Crippen molar-refractivity contribution in [3.05, 3.63) is 70.7 Å². The molecule has 3 aromatic rings. The molecule has 146 valence electrons. The van der Waals surface area contributed by atoms with Crippen molar-refractivity contribution in [1.29, 1.82) is 0 Å². The summed E-state index contributed by atoms with van der Waals surface area (Å²) in [6.07, 6.45) is 2.36. The molecule has 4 rings (SSSR count). The number of nitrogens with zero attached hydrogens (tertiary/aromatic N) is 1. The summed E-state index contributed by atoms with van der Waals surface area (Å²) in [5, 5.41) is 10.6. The van der Waals surface area contributed by atoms with E-state index < -0.39 is 0 Å². The van der Waals surface area contributed by atoms with E-state index in [9.17, 15) is 0 Å². The Balaban J connectivity index is 1.53. The number of hydrogen-bond acceptors (Lipinski definition) is 5. The van der Waals surface area contributed by atoms with Crippen LogP contribution in [0.15, 0.2) is 53.9 Å². The molecule has 2 heterocycles. The summed E-state index contributed by atoms with van der Waals surface area (Å²) >= 11 is 1.69. The second-order valence-corrected chi connectivity index (χ2v) is 8.15. The fourth-order valence-corrected chi connectivity index (χ4v) is 4.69. The van der Waals surface area contributed by atoms with Crippen molar-refractivity contribution in [2.45, 2.75) is 38.4 Å². The van der Waals surface area contributed by atoms with Crippen LogP contribution in [-0.4, -0.2) is 24.7 Å². The largest absolute Gasteiger partial charge is 0.496 e. The molecule has 0 spiro atoms. The molecule has 0 radical (unpaired) electrons. The molecule has 0 aliphatic carbocycles. The van der Waals surface area contributed by atoms with Crippen LogP contribution in [0.3, 0.4) is 0 Å². The molecule has 4 nitrogen and oxygen atoms in total. The van der Waals surface area contributed by atoms with Gasteiger partial charge in [-0.05, 0) is 50.1 Å². The molecule has 0 amide bonds. The van der Waals surface area contributed by atoms with Crippen LogP contribution < -0.4 is 15.4 Å². The third kappa shape index (κ3) is 4.27. The smallest absolute Gasteiger partial charge is 0.123 e. The Morgan fingerprint density at radius 1 is 1.21 bits per heavy atom. The molecular formula is C23H27N3OS. The fraction of sp³-hybridized carbons (Fsp3) is 0.348. The van der Waals surface area contributed by atoms with Crippen LogP contribution in [0.2, 0.25) is 0 Å². The van der Waals surface area contributed by atoms with E-state index in [1.165, 1.54) is 24.0 Å². The Hall–Kier alpha value is -2.21. The maximum Gasteiger partial charge on any atom is 0.123 e. The minimum atomic E-state index is 0.339. The normalized spacial score (nSPS) is 19.5. The first kappa shape index (κ1) is 19.1. The topological polar surface area (TPSA) is 46.2 Å². The number of rotatable bonds is 6. The maximum atomic E-state index is 5.62. The van der Waals surface area contributed by atoms with Crippen molar-refractivity contribution in [2.75, 3.05) is 13.7 Å². The number of aromatic nitrogens is 1. The lowest BCUT2D eigenvalue weighted by Crippen LogP contribution is -2.45. The Morgan fingerprint density at radius 3 is 2.82 bits per heavy atom. The third-order valence-electron chi connectivity index (χ3n) is 5.32. The molecule has 28 heavy (non-hydrogen) atoms. The van der Waals surface area contributed by atoms with Gasteiger partial charge >= 0.3 is 0 Å². The van der Waals surface area contributed by atoms with E-state index in [1.54, 1.807) is 18.4 Å². The molecule has 2 unspecified atom stereocenters. The van der Waals surface area contributed by atoms with Crippen molar-refractivity contribution < 1.29 is 4.74 Å². The van der Waals surface area contributed by atoms with Gasteiger partial charge in [0.15, 0.2) is 0 Å². The van der Waals surface area contributed by atoms with Gasteiger partial charge in [0, 0.05) is 40.8 Å². The van der Waals surface area contributed by atoms with E-state index in [0.717, 1.165) is 35.1 Å². The number of thiazole rings is 1. The molecule has 1 fully saturated rings.